The molecule has 2 rings (SSSR count). The van der Waals surface area contributed by atoms with Crippen LogP contribution in [0.1, 0.15) is 36.1 Å². The SMILES string of the molecule is COc1c(C)cnc(CNCCCOCC2CC2)c1C. The van der Waals surface area contributed by atoms with E-state index in [0.717, 1.165) is 61.2 Å². The lowest BCUT2D eigenvalue weighted by Crippen LogP contribution is -2.18. The summed E-state index contributed by atoms with van der Waals surface area (Å²) >= 11 is 0. The van der Waals surface area contributed by atoms with Crippen LogP contribution in [-0.4, -0.2) is 31.9 Å². The Morgan fingerprint density at radius 3 is 2.85 bits per heavy atom. The minimum Gasteiger partial charge on any atom is -0.496 e. The largest absolute Gasteiger partial charge is 0.496 e. The number of aromatic nitrogens is 1. The average molecular weight is 278 g/mol. The van der Waals surface area contributed by atoms with E-state index in [9.17, 15) is 0 Å². The Hall–Kier alpha value is -1.13. The van der Waals surface area contributed by atoms with Gasteiger partial charge in [0.2, 0.25) is 0 Å². The van der Waals surface area contributed by atoms with Crippen LogP contribution in [0.15, 0.2) is 6.20 Å². The van der Waals surface area contributed by atoms with Gasteiger partial charge in [0.05, 0.1) is 12.8 Å². The molecule has 20 heavy (non-hydrogen) atoms. The summed E-state index contributed by atoms with van der Waals surface area (Å²) in [6.07, 6.45) is 5.65. The Balaban J connectivity index is 1.65. The molecule has 0 atom stereocenters. The van der Waals surface area contributed by atoms with Crippen LogP contribution < -0.4 is 10.1 Å². The van der Waals surface area contributed by atoms with Crippen LogP contribution in [0.5, 0.6) is 5.75 Å². The predicted octanol–water partition coefficient (Wildman–Crippen LogP) is 2.61. The van der Waals surface area contributed by atoms with E-state index in [2.05, 4.69) is 17.2 Å². The highest BCUT2D eigenvalue weighted by Crippen LogP contribution is 2.28. The summed E-state index contributed by atoms with van der Waals surface area (Å²) in [7, 11) is 1.71. The standard InChI is InChI=1S/C16H26N2O2/c1-12-9-18-15(13(2)16(12)19-3)10-17-7-4-8-20-11-14-5-6-14/h9,14,17H,4-8,10-11H2,1-3H3. The van der Waals surface area contributed by atoms with Gasteiger partial charge in [-0.25, -0.2) is 0 Å². The molecule has 1 heterocycles. The van der Waals surface area contributed by atoms with Crippen molar-refractivity contribution < 1.29 is 9.47 Å². The monoisotopic (exact) mass is 278 g/mol. The van der Waals surface area contributed by atoms with Crippen molar-refractivity contribution in [3.05, 3.63) is 23.0 Å². The van der Waals surface area contributed by atoms with E-state index in [0.29, 0.717) is 0 Å². The van der Waals surface area contributed by atoms with E-state index in [4.69, 9.17) is 9.47 Å². The Kier molecular flexibility index (Phi) is 5.80. The summed E-state index contributed by atoms with van der Waals surface area (Å²) in [5.41, 5.74) is 3.28. The number of pyridine rings is 1. The molecule has 0 aliphatic heterocycles. The maximum atomic E-state index is 5.61. The lowest BCUT2D eigenvalue weighted by molar-refractivity contribution is 0.122. The summed E-state index contributed by atoms with van der Waals surface area (Å²) in [6, 6.07) is 0. The van der Waals surface area contributed by atoms with E-state index >= 15 is 0 Å². The molecule has 0 aromatic carbocycles. The molecular weight excluding hydrogens is 252 g/mol. The molecule has 0 bridgehead atoms. The van der Waals surface area contributed by atoms with E-state index in [1.165, 1.54) is 12.8 Å². The first-order chi connectivity index (χ1) is 9.72. The van der Waals surface area contributed by atoms with Crippen molar-refractivity contribution in [2.75, 3.05) is 26.9 Å². The van der Waals surface area contributed by atoms with Crippen molar-refractivity contribution in [3.8, 4) is 5.75 Å². The van der Waals surface area contributed by atoms with Crippen LogP contribution in [0.3, 0.4) is 0 Å². The third-order valence-electron chi connectivity index (χ3n) is 3.73. The lowest BCUT2D eigenvalue weighted by Gasteiger charge is -2.12. The summed E-state index contributed by atoms with van der Waals surface area (Å²) in [5, 5.41) is 3.42. The molecule has 0 amide bonds. The Morgan fingerprint density at radius 1 is 1.35 bits per heavy atom. The maximum absolute atomic E-state index is 5.61. The van der Waals surface area contributed by atoms with Gasteiger partial charge >= 0.3 is 0 Å². The summed E-state index contributed by atoms with van der Waals surface area (Å²) in [6.45, 7) is 7.64. The molecule has 112 valence electrons. The van der Waals surface area contributed by atoms with Crippen LogP contribution in [-0.2, 0) is 11.3 Å². The summed E-state index contributed by atoms with van der Waals surface area (Å²) < 4.78 is 11.0. The molecule has 1 aliphatic carbocycles. The first kappa shape index (κ1) is 15.3. The molecule has 1 aromatic rings. The quantitative estimate of drug-likeness (QED) is 0.705. The fourth-order valence-electron chi connectivity index (χ4n) is 2.29. The van der Waals surface area contributed by atoms with Crippen molar-refractivity contribution in [2.24, 2.45) is 5.92 Å². The minimum absolute atomic E-state index is 0.783. The van der Waals surface area contributed by atoms with E-state index in [1.54, 1.807) is 7.11 Å². The fourth-order valence-corrected chi connectivity index (χ4v) is 2.29. The number of nitrogens with one attached hydrogen (secondary N) is 1. The van der Waals surface area contributed by atoms with Crippen LogP contribution in [0.2, 0.25) is 0 Å². The highest BCUT2D eigenvalue weighted by molar-refractivity contribution is 5.40. The van der Waals surface area contributed by atoms with Gasteiger partial charge in [-0.1, -0.05) is 0 Å². The van der Waals surface area contributed by atoms with E-state index < -0.39 is 0 Å². The second kappa shape index (κ2) is 7.60. The van der Waals surface area contributed by atoms with Gasteiger partial charge < -0.3 is 14.8 Å². The molecule has 4 nitrogen and oxygen atoms in total. The third-order valence-corrected chi connectivity index (χ3v) is 3.73. The third kappa shape index (κ3) is 4.46. The van der Waals surface area contributed by atoms with E-state index in [1.807, 2.05) is 13.1 Å². The van der Waals surface area contributed by atoms with Gasteiger partial charge in [-0.05, 0) is 45.6 Å². The summed E-state index contributed by atoms with van der Waals surface area (Å²) in [4.78, 5) is 4.48. The highest BCUT2D eigenvalue weighted by Gasteiger charge is 2.20. The molecule has 1 N–H and O–H groups in total. The zero-order valence-electron chi connectivity index (χ0n) is 12.9. The number of nitrogens with zero attached hydrogens (tertiary/aromatic N) is 1. The molecule has 1 fully saturated rings. The van der Waals surface area contributed by atoms with Gasteiger partial charge in [0.1, 0.15) is 5.75 Å². The van der Waals surface area contributed by atoms with Gasteiger partial charge in [0.25, 0.3) is 0 Å². The molecule has 1 aromatic heterocycles. The average Bonchev–Trinajstić information content (AvgIpc) is 3.24. The second-order valence-corrected chi connectivity index (χ2v) is 5.59. The van der Waals surface area contributed by atoms with Gasteiger partial charge in [-0.15, -0.1) is 0 Å². The molecule has 4 heteroatoms. The maximum Gasteiger partial charge on any atom is 0.128 e. The molecule has 0 spiro atoms. The van der Waals surface area contributed by atoms with Gasteiger partial charge in [-0.2, -0.15) is 0 Å². The Labute approximate surface area is 121 Å². The van der Waals surface area contributed by atoms with Gasteiger partial charge in [-0.3, -0.25) is 4.98 Å². The van der Waals surface area contributed by atoms with Crippen LogP contribution in [0, 0.1) is 19.8 Å². The highest BCUT2D eigenvalue weighted by atomic mass is 16.5. The zero-order chi connectivity index (χ0) is 14.4. The number of ether oxygens (including phenoxy) is 2. The van der Waals surface area contributed by atoms with Crippen molar-refractivity contribution in [2.45, 2.75) is 39.7 Å². The molecule has 0 radical (unpaired) electrons. The van der Waals surface area contributed by atoms with Crippen molar-refractivity contribution in [1.82, 2.24) is 10.3 Å². The number of aryl methyl sites for hydroxylation is 1. The van der Waals surface area contributed by atoms with Crippen LogP contribution in [0.25, 0.3) is 0 Å². The van der Waals surface area contributed by atoms with Crippen molar-refractivity contribution in [3.63, 3.8) is 0 Å². The lowest BCUT2D eigenvalue weighted by atomic mass is 10.1. The first-order valence-corrected chi connectivity index (χ1v) is 7.50. The molecule has 0 unspecified atom stereocenters. The smallest absolute Gasteiger partial charge is 0.128 e. The van der Waals surface area contributed by atoms with Crippen molar-refractivity contribution >= 4 is 0 Å². The fraction of sp³-hybridized carbons (Fsp3) is 0.688. The number of hydrogen-bond acceptors (Lipinski definition) is 4. The first-order valence-electron chi connectivity index (χ1n) is 7.50. The van der Waals surface area contributed by atoms with E-state index in [-0.39, 0.29) is 0 Å². The molecule has 1 saturated carbocycles. The second-order valence-electron chi connectivity index (χ2n) is 5.59. The molecule has 0 saturated heterocycles. The van der Waals surface area contributed by atoms with Crippen LogP contribution >= 0.6 is 0 Å². The number of hydrogen-bond donors (Lipinski definition) is 1. The molecule has 1 aliphatic rings. The van der Waals surface area contributed by atoms with Gasteiger partial charge in [0.15, 0.2) is 0 Å². The Morgan fingerprint density at radius 2 is 2.15 bits per heavy atom. The predicted molar refractivity (Wildman–Crippen MR) is 80.1 cm³/mol. The van der Waals surface area contributed by atoms with Crippen molar-refractivity contribution in [1.29, 1.82) is 0 Å². The minimum atomic E-state index is 0.783. The number of methoxy groups -OCH3 is 1. The van der Waals surface area contributed by atoms with Gasteiger partial charge in [0, 0.05) is 37.1 Å². The topological polar surface area (TPSA) is 43.4 Å². The number of rotatable bonds is 9. The normalized spacial score (nSPS) is 14.6. The Bertz CT molecular complexity index is 431. The molecular formula is C16H26N2O2. The van der Waals surface area contributed by atoms with Crippen LogP contribution in [0.4, 0.5) is 0 Å². The summed E-state index contributed by atoms with van der Waals surface area (Å²) in [5.74, 6) is 1.80. The zero-order valence-corrected chi connectivity index (χ0v) is 12.9.